The first kappa shape index (κ1) is 13.8. The third kappa shape index (κ3) is 2.85. The van der Waals surface area contributed by atoms with Gasteiger partial charge in [-0.25, -0.2) is 9.37 Å². The molecule has 2 rings (SSSR count). The molecule has 0 amide bonds. The fourth-order valence-electron chi connectivity index (χ4n) is 1.88. The molecule has 1 heterocycles. The van der Waals surface area contributed by atoms with Crippen LogP contribution in [0.2, 0.25) is 0 Å². The van der Waals surface area contributed by atoms with E-state index in [2.05, 4.69) is 4.98 Å². The van der Waals surface area contributed by atoms with Crippen LogP contribution in [0, 0.1) is 5.82 Å². The van der Waals surface area contributed by atoms with Crippen molar-refractivity contribution >= 4 is 34.5 Å². The molecule has 5 heteroatoms. The molecule has 0 saturated heterocycles. The molecule has 1 aromatic carbocycles. The molecule has 0 spiro atoms. The molecule has 1 nitrogen and oxygen atoms in total. The third-order valence-corrected chi connectivity index (χ3v) is 4.61. The Hall–Kier alpha value is -0.640. The number of thiazole rings is 1. The summed E-state index contributed by atoms with van der Waals surface area (Å²) in [5, 5.41) is 1.97. The summed E-state index contributed by atoms with van der Waals surface area (Å²) in [6.07, 6.45) is 0.618. The van der Waals surface area contributed by atoms with E-state index >= 15 is 0 Å². The Morgan fingerprint density at radius 1 is 1.28 bits per heavy atom. The second-order valence-electron chi connectivity index (χ2n) is 4.21. The van der Waals surface area contributed by atoms with Gasteiger partial charge in [0.2, 0.25) is 0 Å². The molecule has 0 aliphatic heterocycles. The van der Waals surface area contributed by atoms with Gasteiger partial charge in [-0.05, 0) is 17.7 Å². The van der Waals surface area contributed by atoms with Crippen molar-refractivity contribution in [3.63, 3.8) is 0 Å². The molecule has 0 unspecified atom stereocenters. The van der Waals surface area contributed by atoms with Crippen molar-refractivity contribution in [1.82, 2.24) is 4.98 Å². The summed E-state index contributed by atoms with van der Waals surface area (Å²) in [5.74, 6) is 0.389. The zero-order chi connectivity index (χ0) is 13.0. The zero-order valence-corrected chi connectivity index (χ0v) is 11.9. The van der Waals surface area contributed by atoms with Crippen molar-refractivity contribution in [3.8, 4) is 0 Å². The molecule has 0 radical (unpaired) electrons. The molecular formula is C13H12Cl2FNS. The Labute approximate surface area is 120 Å². The van der Waals surface area contributed by atoms with Crippen LogP contribution in [0.15, 0.2) is 35.2 Å². The van der Waals surface area contributed by atoms with Crippen LogP contribution >= 0.6 is 34.5 Å². The van der Waals surface area contributed by atoms with Gasteiger partial charge < -0.3 is 0 Å². The van der Waals surface area contributed by atoms with Crippen molar-refractivity contribution in [1.29, 1.82) is 0 Å². The predicted octanol–water partition coefficient (Wildman–Crippen LogP) is 4.24. The number of hydrogen-bond donors (Lipinski definition) is 0. The van der Waals surface area contributed by atoms with Crippen LogP contribution < -0.4 is 0 Å². The van der Waals surface area contributed by atoms with E-state index in [0.29, 0.717) is 18.2 Å². The van der Waals surface area contributed by atoms with Gasteiger partial charge in [-0.1, -0.05) is 12.1 Å². The average molecular weight is 304 g/mol. The largest absolute Gasteiger partial charge is 0.250 e. The third-order valence-electron chi connectivity index (χ3n) is 2.95. The first-order valence-corrected chi connectivity index (χ1v) is 7.46. The Morgan fingerprint density at radius 2 is 2.06 bits per heavy atom. The number of aromatic nitrogens is 1. The molecule has 0 N–H and O–H groups in total. The number of halogens is 3. The van der Waals surface area contributed by atoms with E-state index in [1.54, 1.807) is 11.6 Å². The van der Waals surface area contributed by atoms with Gasteiger partial charge in [0.15, 0.2) is 0 Å². The lowest BCUT2D eigenvalue weighted by Crippen LogP contribution is -2.33. The molecule has 0 bridgehead atoms. The smallest absolute Gasteiger partial charge is 0.123 e. The lowest BCUT2D eigenvalue weighted by atomic mass is 9.80. The summed E-state index contributed by atoms with van der Waals surface area (Å²) in [4.78, 5) is 4.25. The monoisotopic (exact) mass is 303 g/mol. The molecule has 2 aromatic rings. The van der Waals surface area contributed by atoms with Gasteiger partial charge in [-0.3, -0.25) is 0 Å². The summed E-state index contributed by atoms with van der Waals surface area (Å²) in [5.41, 5.74) is 3.05. The summed E-state index contributed by atoms with van der Waals surface area (Å²) < 4.78 is 13.3. The maximum absolute atomic E-state index is 13.3. The first-order valence-electron chi connectivity index (χ1n) is 5.45. The molecular weight excluding hydrogens is 292 g/mol. The van der Waals surface area contributed by atoms with Crippen molar-refractivity contribution in [2.24, 2.45) is 0 Å². The van der Waals surface area contributed by atoms with Crippen molar-refractivity contribution in [2.75, 3.05) is 11.8 Å². The number of alkyl halides is 2. The van der Waals surface area contributed by atoms with Crippen molar-refractivity contribution < 1.29 is 4.39 Å². The van der Waals surface area contributed by atoms with E-state index < -0.39 is 5.41 Å². The van der Waals surface area contributed by atoms with E-state index in [4.69, 9.17) is 23.2 Å². The summed E-state index contributed by atoms with van der Waals surface area (Å²) >= 11 is 13.7. The molecule has 96 valence electrons. The Kier molecular flexibility index (Phi) is 4.60. The topological polar surface area (TPSA) is 12.9 Å². The first-order chi connectivity index (χ1) is 8.70. The van der Waals surface area contributed by atoms with Crippen LogP contribution in [0.5, 0.6) is 0 Å². The zero-order valence-electron chi connectivity index (χ0n) is 9.57. The molecule has 0 atom stereocenters. The minimum Gasteiger partial charge on any atom is -0.250 e. The number of hydrogen-bond acceptors (Lipinski definition) is 2. The van der Waals surface area contributed by atoms with Gasteiger partial charge in [0.05, 0.1) is 11.2 Å². The van der Waals surface area contributed by atoms with Crippen LogP contribution in [-0.4, -0.2) is 16.7 Å². The molecule has 0 aliphatic carbocycles. The van der Waals surface area contributed by atoms with E-state index in [9.17, 15) is 4.39 Å². The molecule has 1 aromatic heterocycles. The molecule has 0 fully saturated rings. The number of nitrogens with zero attached hydrogens (tertiary/aromatic N) is 1. The van der Waals surface area contributed by atoms with Gasteiger partial charge in [0.1, 0.15) is 5.82 Å². The van der Waals surface area contributed by atoms with E-state index in [0.717, 1.165) is 11.3 Å². The lowest BCUT2D eigenvalue weighted by molar-refractivity contribution is 0.523. The van der Waals surface area contributed by atoms with Gasteiger partial charge >= 0.3 is 0 Å². The number of rotatable bonds is 5. The van der Waals surface area contributed by atoms with Gasteiger partial charge in [0, 0.05) is 29.0 Å². The summed E-state index contributed by atoms with van der Waals surface area (Å²) in [6, 6.07) is 6.45. The molecule has 18 heavy (non-hydrogen) atoms. The second kappa shape index (κ2) is 6.00. The molecule has 0 aliphatic rings. The Morgan fingerprint density at radius 3 is 2.61 bits per heavy atom. The minimum atomic E-state index is -0.473. The maximum atomic E-state index is 13.3. The van der Waals surface area contributed by atoms with E-state index in [-0.39, 0.29) is 5.82 Å². The normalized spacial score (nSPS) is 11.7. The maximum Gasteiger partial charge on any atom is 0.123 e. The lowest BCUT2D eigenvalue weighted by Gasteiger charge is -2.29. The van der Waals surface area contributed by atoms with Crippen molar-refractivity contribution in [2.45, 2.75) is 11.8 Å². The minimum absolute atomic E-state index is 0.273. The van der Waals surface area contributed by atoms with E-state index in [1.807, 2.05) is 11.4 Å². The summed E-state index contributed by atoms with van der Waals surface area (Å²) in [6.45, 7) is 0. The van der Waals surface area contributed by atoms with Crippen LogP contribution in [0.4, 0.5) is 4.39 Å². The van der Waals surface area contributed by atoms with Gasteiger partial charge in [0.25, 0.3) is 0 Å². The Bertz CT molecular complexity index is 497. The van der Waals surface area contributed by atoms with Crippen LogP contribution in [0.25, 0.3) is 0 Å². The SMILES string of the molecule is Fc1cccc(C(CCl)(CCl)Cc2cscn2)c1. The number of benzene rings is 1. The highest BCUT2D eigenvalue weighted by Gasteiger charge is 2.32. The van der Waals surface area contributed by atoms with Gasteiger partial charge in [-0.15, -0.1) is 34.5 Å². The average Bonchev–Trinajstić information content (AvgIpc) is 2.89. The van der Waals surface area contributed by atoms with Crippen molar-refractivity contribution in [3.05, 3.63) is 52.2 Å². The van der Waals surface area contributed by atoms with E-state index in [1.165, 1.54) is 23.5 Å². The molecule has 0 saturated carbocycles. The second-order valence-corrected chi connectivity index (χ2v) is 5.47. The van der Waals surface area contributed by atoms with Crippen LogP contribution in [-0.2, 0) is 11.8 Å². The fraction of sp³-hybridized carbons (Fsp3) is 0.308. The quantitative estimate of drug-likeness (QED) is 0.753. The fourth-order valence-corrected chi connectivity index (χ4v) is 3.22. The van der Waals surface area contributed by atoms with Crippen LogP contribution in [0.1, 0.15) is 11.3 Å². The van der Waals surface area contributed by atoms with Crippen LogP contribution in [0.3, 0.4) is 0 Å². The highest BCUT2D eigenvalue weighted by Crippen LogP contribution is 2.32. The Balaban J connectivity index is 2.37. The predicted molar refractivity (Wildman–Crippen MR) is 75.3 cm³/mol. The van der Waals surface area contributed by atoms with Gasteiger partial charge in [-0.2, -0.15) is 0 Å². The highest BCUT2D eigenvalue weighted by molar-refractivity contribution is 7.07. The summed E-state index contributed by atoms with van der Waals surface area (Å²) in [7, 11) is 0. The highest BCUT2D eigenvalue weighted by atomic mass is 35.5. The standard InChI is InChI=1S/C13H12Cl2FNS/c14-7-13(8-15,5-12-6-18-9-17-12)10-2-1-3-11(16)4-10/h1-4,6,9H,5,7-8H2.